The lowest BCUT2D eigenvalue weighted by atomic mass is 10.1. The van der Waals surface area contributed by atoms with Gasteiger partial charge >= 0.3 is 0 Å². The molecule has 5 heteroatoms. The second-order valence-electron chi connectivity index (χ2n) is 3.26. The first-order chi connectivity index (χ1) is 6.63. The summed E-state index contributed by atoms with van der Waals surface area (Å²) in [6, 6.07) is 7.81. The monoisotopic (exact) mass is 275 g/mol. The predicted molar refractivity (Wildman–Crippen MR) is 58.4 cm³/mol. The molecular weight excluding hydrogens is 266 g/mol. The second kappa shape index (κ2) is 3.64. The van der Waals surface area contributed by atoms with Crippen molar-refractivity contribution in [3.05, 3.63) is 35.4 Å². The van der Waals surface area contributed by atoms with Gasteiger partial charge in [0.15, 0.2) is 0 Å². The summed E-state index contributed by atoms with van der Waals surface area (Å²) in [5.41, 5.74) is 2.22. The van der Waals surface area contributed by atoms with Gasteiger partial charge in [0.05, 0.1) is 0 Å². The molecule has 0 spiro atoms. The van der Waals surface area contributed by atoms with E-state index in [-0.39, 0.29) is 4.66 Å². The summed E-state index contributed by atoms with van der Waals surface area (Å²) in [4.78, 5) is 0. The third-order valence-electron chi connectivity index (χ3n) is 2.34. The van der Waals surface area contributed by atoms with E-state index in [0.717, 1.165) is 11.1 Å². The van der Waals surface area contributed by atoms with Crippen molar-refractivity contribution in [3.8, 4) is 0 Å². The SMILES string of the molecule is O=S(=O)(CBr)N1Cc2ccccc2C1. The van der Waals surface area contributed by atoms with Gasteiger partial charge < -0.3 is 0 Å². The number of halogens is 1. The Balaban J connectivity index is 2.28. The number of rotatable bonds is 2. The van der Waals surface area contributed by atoms with Crippen molar-refractivity contribution in [2.24, 2.45) is 0 Å². The first kappa shape index (κ1) is 10.1. The lowest BCUT2D eigenvalue weighted by molar-refractivity contribution is 0.435. The molecule has 0 saturated heterocycles. The van der Waals surface area contributed by atoms with Crippen LogP contribution in [0.1, 0.15) is 11.1 Å². The fraction of sp³-hybridized carbons (Fsp3) is 0.333. The van der Waals surface area contributed by atoms with Crippen molar-refractivity contribution in [2.75, 3.05) is 4.66 Å². The Hall–Kier alpha value is -0.390. The Kier molecular flexibility index (Phi) is 2.64. The number of hydrogen-bond donors (Lipinski definition) is 0. The highest BCUT2D eigenvalue weighted by Crippen LogP contribution is 2.25. The molecule has 1 aromatic carbocycles. The fourth-order valence-electron chi connectivity index (χ4n) is 1.57. The molecule has 1 heterocycles. The van der Waals surface area contributed by atoms with E-state index in [0.29, 0.717) is 13.1 Å². The molecule has 0 unspecified atom stereocenters. The third-order valence-corrected chi connectivity index (χ3v) is 5.40. The number of sulfonamides is 1. The quantitative estimate of drug-likeness (QED) is 0.771. The minimum atomic E-state index is -3.12. The highest BCUT2D eigenvalue weighted by Gasteiger charge is 2.27. The normalized spacial score (nSPS) is 16.9. The van der Waals surface area contributed by atoms with Crippen molar-refractivity contribution < 1.29 is 8.42 Å². The maximum absolute atomic E-state index is 11.5. The van der Waals surface area contributed by atoms with Gasteiger partial charge in [0.25, 0.3) is 0 Å². The van der Waals surface area contributed by atoms with Crippen LogP contribution in [0.3, 0.4) is 0 Å². The van der Waals surface area contributed by atoms with Crippen LogP contribution in [0.2, 0.25) is 0 Å². The number of hydrogen-bond acceptors (Lipinski definition) is 2. The molecule has 0 atom stereocenters. The summed E-state index contributed by atoms with van der Waals surface area (Å²) in [7, 11) is -3.12. The molecule has 0 aliphatic carbocycles. The van der Waals surface area contributed by atoms with Gasteiger partial charge in [0, 0.05) is 13.1 Å². The van der Waals surface area contributed by atoms with Crippen molar-refractivity contribution in [2.45, 2.75) is 13.1 Å². The highest BCUT2D eigenvalue weighted by atomic mass is 79.9. The van der Waals surface area contributed by atoms with Crippen LogP contribution in [0.5, 0.6) is 0 Å². The molecule has 2 rings (SSSR count). The Morgan fingerprint density at radius 2 is 1.71 bits per heavy atom. The van der Waals surface area contributed by atoms with E-state index in [1.807, 2.05) is 24.3 Å². The average Bonchev–Trinajstić information content (AvgIpc) is 2.61. The van der Waals surface area contributed by atoms with Gasteiger partial charge in [0.1, 0.15) is 4.66 Å². The molecule has 0 amide bonds. The van der Waals surface area contributed by atoms with Crippen LogP contribution in [-0.2, 0) is 23.1 Å². The summed E-state index contributed by atoms with van der Waals surface area (Å²) < 4.78 is 24.6. The molecule has 0 radical (unpaired) electrons. The Morgan fingerprint density at radius 3 is 2.14 bits per heavy atom. The minimum Gasteiger partial charge on any atom is -0.211 e. The predicted octanol–water partition coefficient (Wildman–Crippen LogP) is 1.68. The van der Waals surface area contributed by atoms with Crippen LogP contribution in [0.15, 0.2) is 24.3 Å². The number of nitrogens with zero attached hydrogens (tertiary/aromatic N) is 1. The van der Waals surface area contributed by atoms with Gasteiger partial charge in [-0.05, 0) is 11.1 Å². The third kappa shape index (κ3) is 1.71. The van der Waals surface area contributed by atoms with E-state index in [4.69, 9.17) is 0 Å². The summed E-state index contributed by atoms with van der Waals surface area (Å²) in [6.07, 6.45) is 0. The van der Waals surface area contributed by atoms with Crippen molar-refractivity contribution in [3.63, 3.8) is 0 Å². The molecule has 14 heavy (non-hydrogen) atoms. The summed E-state index contributed by atoms with van der Waals surface area (Å²) in [5, 5.41) is 0. The van der Waals surface area contributed by atoms with Gasteiger partial charge in [-0.1, -0.05) is 40.2 Å². The Labute approximate surface area is 91.9 Å². The van der Waals surface area contributed by atoms with Gasteiger partial charge in [-0.25, -0.2) is 8.42 Å². The largest absolute Gasteiger partial charge is 0.224 e. The van der Waals surface area contributed by atoms with Gasteiger partial charge in [0.2, 0.25) is 10.0 Å². The average molecular weight is 276 g/mol. The van der Waals surface area contributed by atoms with Crippen LogP contribution in [0.4, 0.5) is 0 Å². The molecule has 0 aromatic heterocycles. The molecule has 76 valence electrons. The van der Waals surface area contributed by atoms with E-state index in [9.17, 15) is 8.42 Å². The molecule has 1 aromatic rings. The lowest BCUT2D eigenvalue weighted by Crippen LogP contribution is -2.26. The van der Waals surface area contributed by atoms with Gasteiger partial charge in [-0.2, -0.15) is 4.31 Å². The zero-order chi connectivity index (χ0) is 10.2. The van der Waals surface area contributed by atoms with E-state index in [1.165, 1.54) is 4.31 Å². The summed E-state index contributed by atoms with van der Waals surface area (Å²) >= 11 is 3.00. The van der Waals surface area contributed by atoms with E-state index < -0.39 is 10.0 Å². The zero-order valence-electron chi connectivity index (χ0n) is 7.48. The summed E-state index contributed by atoms with van der Waals surface area (Å²) in [6.45, 7) is 1.01. The molecule has 1 aliphatic heterocycles. The number of fused-ring (bicyclic) bond motifs is 1. The lowest BCUT2D eigenvalue weighted by Gasteiger charge is -2.12. The van der Waals surface area contributed by atoms with Crippen LogP contribution < -0.4 is 0 Å². The van der Waals surface area contributed by atoms with Crippen LogP contribution in [0, 0.1) is 0 Å². The highest BCUT2D eigenvalue weighted by molar-refractivity contribution is 9.10. The maximum atomic E-state index is 11.5. The van der Waals surface area contributed by atoms with Crippen LogP contribution >= 0.6 is 15.9 Å². The van der Waals surface area contributed by atoms with Crippen molar-refractivity contribution in [1.82, 2.24) is 4.31 Å². The molecule has 3 nitrogen and oxygen atoms in total. The van der Waals surface area contributed by atoms with E-state index in [2.05, 4.69) is 15.9 Å². The van der Waals surface area contributed by atoms with Gasteiger partial charge in [-0.3, -0.25) is 0 Å². The zero-order valence-corrected chi connectivity index (χ0v) is 9.88. The van der Waals surface area contributed by atoms with Crippen LogP contribution in [0.25, 0.3) is 0 Å². The molecular formula is C9H10BrNO2S. The molecule has 0 bridgehead atoms. The molecule has 1 aliphatic rings. The molecule has 0 saturated carbocycles. The second-order valence-corrected chi connectivity index (χ2v) is 6.53. The fourth-order valence-corrected chi connectivity index (χ4v) is 3.25. The first-order valence-corrected chi connectivity index (χ1v) is 6.97. The minimum absolute atomic E-state index is 0.00596. The topological polar surface area (TPSA) is 37.4 Å². The van der Waals surface area contributed by atoms with E-state index in [1.54, 1.807) is 0 Å². The van der Waals surface area contributed by atoms with Gasteiger partial charge in [-0.15, -0.1) is 0 Å². The number of benzene rings is 1. The Morgan fingerprint density at radius 1 is 1.21 bits per heavy atom. The standard InChI is InChI=1S/C9H10BrNO2S/c10-7-14(12,13)11-5-8-3-1-2-4-9(8)6-11/h1-4H,5-7H2. The first-order valence-electron chi connectivity index (χ1n) is 4.24. The molecule has 0 N–H and O–H groups in total. The smallest absolute Gasteiger partial charge is 0.211 e. The van der Waals surface area contributed by atoms with Crippen molar-refractivity contribution >= 4 is 26.0 Å². The maximum Gasteiger partial charge on any atom is 0.224 e. The summed E-state index contributed by atoms with van der Waals surface area (Å²) in [5.74, 6) is 0. The molecule has 0 fully saturated rings. The number of alkyl halides is 1. The van der Waals surface area contributed by atoms with E-state index >= 15 is 0 Å². The Bertz CT molecular complexity index is 419. The van der Waals surface area contributed by atoms with Crippen molar-refractivity contribution in [1.29, 1.82) is 0 Å². The van der Waals surface area contributed by atoms with Crippen LogP contribution in [-0.4, -0.2) is 17.4 Å².